The Hall–Kier alpha value is -1.56. The van der Waals surface area contributed by atoms with Gasteiger partial charge in [-0.2, -0.15) is 0 Å². The molecular formula is C14H21ClN4O2. The average molecular weight is 313 g/mol. The smallest absolute Gasteiger partial charge is 0.410 e. The molecule has 1 aromatic rings. The van der Waals surface area contributed by atoms with Gasteiger partial charge in [-0.1, -0.05) is 11.6 Å². The number of halogens is 1. The van der Waals surface area contributed by atoms with Crippen LogP contribution in [0, 0.1) is 0 Å². The Morgan fingerprint density at radius 3 is 3.00 bits per heavy atom. The number of rotatable bonds is 3. The summed E-state index contributed by atoms with van der Waals surface area (Å²) in [6.07, 6.45) is 3.24. The van der Waals surface area contributed by atoms with Gasteiger partial charge in [0.05, 0.1) is 6.04 Å². The molecule has 1 aromatic heterocycles. The number of amides is 1. The van der Waals surface area contributed by atoms with Crippen LogP contribution in [-0.2, 0) is 4.74 Å². The van der Waals surface area contributed by atoms with E-state index in [4.69, 9.17) is 16.3 Å². The number of ether oxygens (including phenoxy) is 1. The SMILES string of the molecule is CC(C)(C)OC(=O)N1CCCC1CNc1nccc(Cl)n1. The van der Waals surface area contributed by atoms with Crippen LogP contribution in [0.15, 0.2) is 12.3 Å². The van der Waals surface area contributed by atoms with E-state index >= 15 is 0 Å². The van der Waals surface area contributed by atoms with Gasteiger partial charge < -0.3 is 15.0 Å². The largest absolute Gasteiger partial charge is 0.444 e. The summed E-state index contributed by atoms with van der Waals surface area (Å²) in [6.45, 7) is 6.91. The van der Waals surface area contributed by atoms with E-state index < -0.39 is 5.60 Å². The van der Waals surface area contributed by atoms with Crippen LogP contribution in [-0.4, -0.2) is 45.7 Å². The van der Waals surface area contributed by atoms with E-state index in [0.29, 0.717) is 17.6 Å². The van der Waals surface area contributed by atoms with Gasteiger partial charge >= 0.3 is 6.09 Å². The Bertz CT molecular complexity index is 504. The summed E-state index contributed by atoms with van der Waals surface area (Å²) in [6, 6.07) is 1.71. The van der Waals surface area contributed by atoms with E-state index in [1.807, 2.05) is 20.8 Å². The first-order valence-electron chi connectivity index (χ1n) is 7.07. The molecule has 1 aliphatic heterocycles. The summed E-state index contributed by atoms with van der Waals surface area (Å²) in [5.74, 6) is 0.471. The zero-order valence-electron chi connectivity index (χ0n) is 12.6. The highest BCUT2D eigenvalue weighted by atomic mass is 35.5. The molecule has 1 atom stereocenters. The summed E-state index contributed by atoms with van der Waals surface area (Å²) < 4.78 is 5.43. The maximum atomic E-state index is 12.2. The number of anilines is 1. The second-order valence-electron chi connectivity index (χ2n) is 6.05. The van der Waals surface area contributed by atoms with Crippen LogP contribution >= 0.6 is 11.6 Å². The predicted octanol–water partition coefficient (Wildman–Crippen LogP) is 2.94. The zero-order chi connectivity index (χ0) is 15.5. The van der Waals surface area contributed by atoms with Crippen molar-refractivity contribution >= 4 is 23.6 Å². The van der Waals surface area contributed by atoms with E-state index in [9.17, 15) is 4.79 Å². The van der Waals surface area contributed by atoms with E-state index in [0.717, 1.165) is 19.4 Å². The lowest BCUT2D eigenvalue weighted by atomic mass is 10.2. The number of carbonyl (C=O) groups is 1. The molecule has 0 aromatic carbocycles. The molecule has 7 heteroatoms. The molecule has 0 spiro atoms. The van der Waals surface area contributed by atoms with Crippen LogP contribution in [0.1, 0.15) is 33.6 Å². The van der Waals surface area contributed by atoms with Crippen molar-refractivity contribution in [3.63, 3.8) is 0 Å². The second-order valence-corrected chi connectivity index (χ2v) is 6.44. The van der Waals surface area contributed by atoms with Gasteiger partial charge in [0.25, 0.3) is 0 Å². The van der Waals surface area contributed by atoms with Crippen LogP contribution in [0.5, 0.6) is 0 Å². The molecule has 1 saturated heterocycles. The van der Waals surface area contributed by atoms with Crippen LogP contribution < -0.4 is 5.32 Å². The highest BCUT2D eigenvalue weighted by Gasteiger charge is 2.32. The lowest BCUT2D eigenvalue weighted by Gasteiger charge is -2.28. The van der Waals surface area contributed by atoms with Gasteiger partial charge in [0.1, 0.15) is 10.8 Å². The van der Waals surface area contributed by atoms with Crippen molar-refractivity contribution in [1.29, 1.82) is 0 Å². The van der Waals surface area contributed by atoms with E-state index in [1.54, 1.807) is 17.2 Å². The molecule has 21 heavy (non-hydrogen) atoms. The van der Waals surface area contributed by atoms with Crippen LogP contribution in [0.25, 0.3) is 0 Å². The van der Waals surface area contributed by atoms with Crippen molar-refractivity contribution in [1.82, 2.24) is 14.9 Å². The Balaban J connectivity index is 1.91. The number of nitrogens with one attached hydrogen (secondary N) is 1. The minimum absolute atomic E-state index is 0.0856. The summed E-state index contributed by atoms with van der Waals surface area (Å²) in [5.41, 5.74) is -0.478. The van der Waals surface area contributed by atoms with Crippen molar-refractivity contribution in [3.8, 4) is 0 Å². The minimum Gasteiger partial charge on any atom is -0.444 e. The number of aromatic nitrogens is 2. The molecule has 6 nitrogen and oxygen atoms in total. The van der Waals surface area contributed by atoms with Crippen LogP contribution in [0.4, 0.5) is 10.7 Å². The van der Waals surface area contributed by atoms with Gasteiger partial charge in [0.15, 0.2) is 0 Å². The number of likely N-dealkylation sites (tertiary alicyclic amines) is 1. The second kappa shape index (κ2) is 6.47. The average Bonchev–Trinajstić information content (AvgIpc) is 2.83. The first-order chi connectivity index (χ1) is 9.85. The topological polar surface area (TPSA) is 67.3 Å². The van der Waals surface area contributed by atoms with Crippen molar-refractivity contribution in [2.24, 2.45) is 0 Å². The normalized spacial score (nSPS) is 18.7. The highest BCUT2D eigenvalue weighted by molar-refractivity contribution is 6.29. The van der Waals surface area contributed by atoms with E-state index in [1.165, 1.54) is 0 Å². The summed E-state index contributed by atoms with van der Waals surface area (Å²) in [5, 5.41) is 3.51. The molecular weight excluding hydrogens is 292 g/mol. The van der Waals surface area contributed by atoms with Gasteiger partial charge in [0, 0.05) is 19.3 Å². The fraction of sp³-hybridized carbons (Fsp3) is 0.643. The summed E-state index contributed by atoms with van der Waals surface area (Å²) in [7, 11) is 0. The molecule has 116 valence electrons. The maximum Gasteiger partial charge on any atom is 0.410 e. The lowest BCUT2D eigenvalue weighted by Crippen LogP contribution is -2.42. The Morgan fingerprint density at radius 1 is 1.57 bits per heavy atom. The zero-order valence-corrected chi connectivity index (χ0v) is 13.4. The Morgan fingerprint density at radius 2 is 2.33 bits per heavy atom. The minimum atomic E-state index is -0.478. The monoisotopic (exact) mass is 312 g/mol. The van der Waals surface area contributed by atoms with Crippen molar-refractivity contribution in [3.05, 3.63) is 17.4 Å². The van der Waals surface area contributed by atoms with Gasteiger partial charge in [0.2, 0.25) is 5.95 Å². The molecule has 0 bridgehead atoms. The van der Waals surface area contributed by atoms with Gasteiger partial charge in [-0.05, 0) is 39.7 Å². The maximum absolute atomic E-state index is 12.2. The third-order valence-electron chi connectivity index (χ3n) is 3.12. The van der Waals surface area contributed by atoms with E-state index in [-0.39, 0.29) is 12.1 Å². The number of hydrogen-bond donors (Lipinski definition) is 1. The molecule has 0 saturated carbocycles. The lowest BCUT2D eigenvalue weighted by molar-refractivity contribution is 0.0235. The quantitative estimate of drug-likeness (QED) is 0.869. The van der Waals surface area contributed by atoms with Crippen molar-refractivity contribution in [2.45, 2.75) is 45.3 Å². The molecule has 2 rings (SSSR count). The molecule has 2 heterocycles. The van der Waals surface area contributed by atoms with Gasteiger partial charge in [-0.15, -0.1) is 0 Å². The third-order valence-corrected chi connectivity index (χ3v) is 3.33. The molecule has 1 N–H and O–H groups in total. The molecule has 1 fully saturated rings. The first-order valence-corrected chi connectivity index (χ1v) is 7.45. The molecule has 1 amide bonds. The molecule has 1 aliphatic rings. The fourth-order valence-electron chi connectivity index (χ4n) is 2.24. The fourth-order valence-corrected chi connectivity index (χ4v) is 2.38. The number of nitrogens with zero attached hydrogens (tertiary/aromatic N) is 3. The van der Waals surface area contributed by atoms with Crippen LogP contribution in [0.2, 0.25) is 5.15 Å². The third kappa shape index (κ3) is 4.74. The molecule has 0 aliphatic carbocycles. The van der Waals surface area contributed by atoms with Gasteiger partial charge in [-0.3, -0.25) is 0 Å². The Labute approximate surface area is 129 Å². The van der Waals surface area contributed by atoms with Gasteiger partial charge in [-0.25, -0.2) is 14.8 Å². The molecule has 0 radical (unpaired) electrons. The number of carbonyl (C=O) groups excluding carboxylic acids is 1. The van der Waals surface area contributed by atoms with Crippen molar-refractivity contribution in [2.75, 3.05) is 18.4 Å². The highest BCUT2D eigenvalue weighted by Crippen LogP contribution is 2.21. The summed E-state index contributed by atoms with van der Waals surface area (Å²) in [4.78, 5) is 22.1. The standard InChI is InChI=1S/C14H21ClN4O2/c1-14(2,3)21-13(20)19-8-4-5-10(19)9-17-12-16-7-6-11(15)18-12/h6-7,10H,4-5,8-9H2,1-3H3,(H,16,17,18). The summed E-state index contributed by atoms with van der Waals surface area (Å²) >= 11 is 5.82. The first kappa shape index (κ1) is 15.8. The molecule has 1 unspecified atom stereocenters. The van der Waals surface area contributed by atoms with Crippen molar-refractivity contribution < 1.29 is 9.53 Å². The Kier molecular flexibility index (Phi) is 4.88. The predicted molar refractivity (Wildman–Crippen MR) is 81.5 cm³/mol. The van der Waals surface area contributed by atoms with Crippen LogP contribution in [0.3, 0.4) is 0 Å². The van der Waals surface area contributed by atoms with E-state index in [2.05, 4.69) is 15.3 Å². The number of hydrogen-bond acceptors (Lipinski definition) is 5.